The number of hydrogen-bond acceptors (Lipinski definition) is 6. The topological polar surface area (TPSA) is 86.3 Å². The quantitative estimate of drug-likeness (QED) is 0.621. The van der Waals surface area contributed by atoms with Gasteiger partial charge in [0, 0.05) is 27.2 Å². The molecule has 0 spiro atoms. The minimum Gasteiger partial charge on any atom is -0.263 e. The van der Waals surface area contributed by atoms with Crippen LogP contribution in [0.5, 0.6) is 0 Å². The van der Waals surface area contributed by atoms with Gasteiger partial charge in [0.05, 0.1) is 10.8 Å². The van der Waals surface area contributed by atoms with Gasteiger partial charge in [0.1, 0.15) is 0 Å². The molecular formula is C13H10N2O4S2. The van der Waals surface area contributed by atoms with Gasteiger partial charge in [-0.3, -0.25) is 20.2 Å². The van der Waals surface area contributed by atoms with E-state index in [1.54, 1.807) is 29.6 Å². The molecule has 1 fully saturated rings. The summed E-state index contributed by atoms with van der Waals surface area (Å²) in [4.78, 5) is 23.3. The van der Waals surface area contributed by atoms with E-state index >= 15 is 0 Å². The lowest BCUT2D eigenvalue weighted by Crippen LogP contribution is -2.30. The van der Waals surface area contributed by atoms with E-state index < -0.39 is 21.3 Å². The van der Waals surface area contributed by atoms with Crippen molar-refractivity contribution in [2.45, 2.75) is 17.9 Å². The molecule has 1 aliphatic carbocycles. The van der Waals surface area contributed by atoms with Crippen molar-refractivity contribution in [1.29, 1.82) is 0 Å². The molecule has 21 heavy (non-hydrogen) atoms. The maximum atomic E-state index is 11.5. The van der Waals surface area contributed by atoms with Crippen LogP contribution in [0.2, 0.25) is 0 Å². The molecule has 2 aromatic rings. The fourth-order valence-corrected chi connectivity index (χ4v) is 4.07. The molecule has 0 saturated heterocycles. The fourth-order valence-electron chi connectivity index (χ4n) is 2.50. The largest absolute Gasteiger partial charge is 0.324 e. The van der Waals surface area contributed by atoms with Crippen LogP contribution >= 0.6 is 22.7 Å². The lowest BCUT2D eigenvalue weighted by molar-refractivity contribution is -0.569. The Morgan fingerprint density at radius 1 is 1.24 bits per heavy atom. The minimum atomic E-state index is -1.60. The summed E-state index contributed by atoms with van der Waals surface area (Å²) in [5.41, 5.74) is -1.92. The van der Waals surface area contributed by atoms with Gasteiger partial charge < -0.3 is 0 Å². The average Bonchev–Trinajstić information content (AvgIpc) is 2.88. The monoisotopic (exact) mass is 322 g/mol. The summed E-state index contributed by atoms with van der Waals surface area (Å²) in [6.45, 7) is 0. The van der Waals surface area contributed by atoms with Crippen LogP contribution in [-0.2, 0) is 0 Å². The molecule has 1 aliphatic rings. The van der Waals surface area contributed by atoms with Crippen molar-refractivity contribution in [3.8, 4) is 0 Å². The minimum absolute atomic E-state index is 0.179. The number of nitro groups is 2. The zero-order valence-corrected chi connectivity index (χ0v) is 12.3. The molecule has 108 valence electrons. The smallest absolute Gasteiger partial charge is 0.263 e. The van der Waals surface area contributed by atoms with Crippen molar-refractivity contribution in [3.63, 3.8) is 0 Å². The van der Waals surface area contributed by atoms with Crippen molar-refractivity contribution in [1.82, 2.24) is 0 Å². The van der Waals surface area contributed by atoms with Crippen LogP contribution < -0.4 is 0 Å². The predicted molar refractivity (Wildman–Crippen MR) is 80.7 cm³/mol. The Balaban J connectivity index is 2.04. The lowest BCUT2D eigenvalue weighted by atomic mass is 10.1. The van der Waals surface area contributed by atoms with E-state index in [2.05, 4.69) is 0 Å². The summed E-state index contributed by atoms with van der Waals surface area (Å²) in [5, 5.41) is 26.5. The second kappa shape index (κ2) is 5.05. The van der Waals surface area contributed by atoms with Crippen molar-refractivity contribution in [2.75, 3.05) is 0 Å². The fraction of sp³-hybridized carbons (Fsp3) is 0.231. The van der Waals surface area contributed by atoms with Crippen molar-refractivity contribution < 1.29 is 9.85 Å². The normalized spacial score (nSPS) is 24.8. The number of nitrogens with zero attached hydrogens (tertiary/aromatic N) is 2. The molecule has 0 amide bonds. The van der Waals surface area contributed by atoms with Gasteiger partial charge in [-0.1, -0.05) is 12.1 Å². The van der Waals surface area contributed by atoms with Crippen LogP contribution in [0.15, 0.2) is 40.7 Å². The van der Waals surface area contributed by atoms with E-state index in [4.69, 9.17) is 0 Å². The van der Waals surface area contributed by atoms with E-state index in [1.807, 2.05) is 5.38 Å². The Morgan fingerprint density at radius 2 is 1.95 bits per heavy atom. The van der Waals surface area contributed by atoms with Crippen LogP contribution in [0.4, 0.5) is 0 Å². The third-order valence-corrected chi connectivity index (χ3v) is 5.41. The maximum Gasteiger partial charge on any atom is 0.324 e. The lowest BCUT2D eigenvalue weighted by Gasteiger charge is -2.06. The van der Waals surface area contributed by atoms with Crippen LogP contribution in [0.1, 0.15) is 22.1 Å². The first-order valence-corrected chi connectivity index (χ1v) is 7.89. The zero-order valence-electron chi connectivity index (χ0n) is 10.7. The Hall–Kier alpha value is -2.06. The Labute approximate surface area is 127 Å². The van der Waals surface area contributed by atoms with E-state index in [1.165, 1.54) is 28.7 Å². The Bertz CT molecular complexity index is 709. The molecule has 0 N–H and O–H groups in total. The molecule has 2 atom stereocenters. The van der Waals surface area contributed by atoms with Gasteiger partial charge in [0.2, 0.25) is 0 Å². The first-order valence-electron chi connectivity index (χ1n) is 6.13. The molecular weight excluding hydrogens is 312 g/mol. The predicted octanol–water partition coefficient (Wildman–Crippen LogP) is 3.63. The molecule has 0 radical (unpaired) electrons. The highest BCUT2D eigenvalue weighted by molar-refractivity contribution is 7.11. The van der Waals surface area contributed by atoms with Gasteiger partial charge in [0.25, 0.3) is 0 Å². The maximum absolute atomic E-state index is 11.5. The first-order chi connectivity index (χ1) is 10.1. The third kappa shape index (κ3) is 2.26. The summed E-state index contributed by atoms with van der Waals surface area (Å²) in [7, 11) is 0. The van der Waals surface area contributed by atoms with E-state index in [-0.39, 0.29) is 12.1 Å². The van der Waals surface area contributed by atoms with Gasteiger partial charge in [-0.15, -0.1) is 22.7 Å². The number of thiophene rings is 2. The standard InChI is InChI=1S/C13H10N2O4S2/c16-14(17)12(7-9-3-1-5-20-9)13(15(18)19)8-10(13)11-4-2-6-21-11/h1-7,10H,8H2/b12-7+. The first kappa shape index (κ1) is 13.9. The molecule has 1 saturated carbocycles. The summed E-state index contributed by atoms with van der Waals surface area (Å²) in [5.74, 6) is -0.413. The van der Waals surface area contributed by atoms with Crippen molar-refractivity contribution in [2.24, 2.45) is 0 Å². The van der Waals surface area contributed by atoms with E-state index in [0.29, 0.717) is 4.88 Å². The van der Waals surface area contributed by atoms with Crippen LogP contribution in [0.25, 0.3) is 6.08 Å². The van der Waals surface area contributed by atoms with Gasteiger partial charge in [0.15, 0.2) is 0 Å². The second-order valence-electron chi connectivity index (χ2n) is 4.76. The highest BCUT2D eigenvalue weighted by Crippen LogP contribution is 2.59. The molecule has 0 aliphatic heterocycles. The van der Waals surface area contributed by atoms with Crippen LogP contribution in [0, 0.1) is 20.2 Å². The third-order valence-electron chi connectivity index (χ3n) is 3.61. The second-order valence-corrected chi connectivity index (χ2v) is 6.71. The molecule has 2 aromatic heterocycles. The highest BCUT2D eigenvalue weighted by atomic mass is 32.1. The van der Waals surface area contributed by atoms with Crippen molar-refractivity contribution in [3.05, 3.63) is 70.7 Å². The van der Waals surface area contributed by atoms with Gasteiger partial charge in [-0.2, -0.15) is 0 Å². The van der Waals surface area contributed by atoms with Gasteiger partial charge >= 0.3 is 11.2 Å². The molecule has 8 heteroatoms. The molecule has 3 rings (SSSR count). The zero-order chi connectivity index (χ0) is 15.0. The Morgan fingerprint density at radius 3 is 2.48 bits per heavy atom. The Kier molecular flexibility index (Phi) is 3.34. The van der Waals surface area contributed by atoms with E-state index in [9.17, 15) is 20.2 Å². The summed E-state index contributed by atoms with van der Waals surface area (Å²) < 4.78 is 0. The number of rotatable bonds is 5. The average molecular weight is 322 g/mol. The van der Waals surface area contributed by atoms with Crippen LogP contribution in [-0.4, -0.2) is 15.4 Å². The summed E-state index contributed by atoms with van der Waals surface area (Å²) >= 11 is 2.72. The van der Waals surface area contributed by atoms with E-state index in [0.717, 1.165) is 4.88 Å². The van der Waals surface area contributed by atoms with Gasteiger partial charge in [-0.05, 0) is 22.9 Å². The SMILES string of the molecule is O=[N+]([O-])/C(=C/c1cccs1)C1([N+](=O)[O-])CC1c1cccs1. The van der Waals surface area contributed by atoms with Crippen molar-refractivity contribution >= 4 is 28.7 Å². The molecule has 0 aromatic carbocycles. The highest BCUT2D eigenvalue weighted by Gasteiger charge is 2.75. The number of hydrogen-bond donors (Lipinski definition) is 0. The summed E-state index contributed by atoms with van der Waals surface area (Å²) in [6.07, 6.45) is 1.51. The van der Waals surface area contributed by atoms with Crippen LogP contribution in [0.3, 0.4) is 0 Å². The molecule has 6 nitrogen and oxygen atoms in total. The molecule has 0 bridgehead atoms. The molecule has 2 unspecified atom stereocenters. The van der Waals surface area contributed by atoms with Gasteiger partial charge in [-0.25, -0.2) is 0 Å². The molecule has 2 heterocycles. The summed E-state index contributed by atoms with van der Waals surface area (Å²) in [6, 6.07) is 7.07.